The number of amides is 1. The van der Waals surface area contributed by atoms with Gasteiger partial charge in [0.2, 0.25) is 0 Å². The van der Waals surface area contributed by atoms with Crippen LogP contribution >= 0.6 is 11.6 Å². The van der Waals surface area contributed by atoms with E-state index in [9.17, 15) is 4.79 Å². The Balaban J connectivity index is 1.79. The average molecular weight is 280 g/mol. The molecule has 0 atom stereocenters. The van der Waals surface area contributed by atoms with Gasteiger partial charge in [0.15, 0.2) is 0 Å². The molecule has 6 nitrogen and oxygen atoms in total. The molecule has 0 bridgehead atoms. The first-order valence-electron chi connectivity index (χ1n) is 5.84. The Hall–Kier alpha value is -2.08. The molecule has 0 saturated heterocycles. The number of nitrogens with two attached hydrogens (primary N) is 1. The van der Waals surface area contributed by atoms with Crippen molar-refractivity contribution in [2.75, 3.05) is 12.3 Å². The van der Waals surface area contributed by atoms with Gasteiger partial charge < -0.3 is 16.0 Å². The lowest BCUT2D eigenvalue weighted by Crippen LogP contribution is -2.25. The number of hydrogen-bond acceptors (Lipinski definition) is 4. The first-order chi connectivity index (χ1) is 9.16. The maximum atomic E-state index is 11.8. The number of aromatic nitrogens is 3. The minimum atomic E-state index is -0.214. The van der Waals surface area contributed by atoms with Gasteiger partial charge in [-0.2, -0.15) is 0 Å². The molecule has 2 rings (SSSR count). The Morgan fingerprint density at radius 1 is 1.47 bits per heavy atom. The fourth-order valence-corrected chi connectivity index (χ4v) is 1.73. The molecule has 0 aliphatic carbocycles. The Bertz CT molecular complexity index is 555. The summed E-state index contributed by atoms with van der Waals surface area (Å²) < 4.78 is 0. The SMILES string of the molecule is Nc1ncc(C(=O)NCCCc2ncc[nH]2)cc1Cl. The highest BCUT2D eigenvalue weighted by molar-refractivity contribution is 6.33. The van der Waals surface area contributed by atoms with Crippen molar-refractivity contribution in [3.63, 3.8) is 0 Å². The normalized spacial score (nSPS) is 10.4. The topological polar surface area (TPSA) is 96.7 Å². The van der Waals surface area contributed by atoms with Gasteiger partial charge in [0.25, 0.3) is 5.91 Å². The highest BCUT2D eigenvalue weighted by atomic mass is 35.5. The van der Waals surface area contributed by atoms with Crippen LogP contribution in [0.4, 0.5) is 5.82 Å². The molecule has 4 N–H and O–H groups in total. The lowest BCUT2D eigenvalue weighted by atomic mass is 10.2. The number of aromatic amines is 1. The van der Waals surface area contributed by atoms with Crippen LogP contribution in [0.1, 0.15) is 22.6 Å². The van der Waals surface area contributed by atoms with Crippen LogP contribution in [0, 0.1) is 0 Å². The van der Waals surface area contributed by atoms with Crippen LogP contribution in [0.3, 0.4) is 0 Å². The van der Waals surface area contributed by atoms with Gasteiger partial charge in [0.05, 0.1) is 10.6 Å². The van der Waals surface area contributed by atoms with E-state index in [1.54, 1.807) is 12.4 Å². The van der Waals surface area contributed by atoms with Crippen LogP contribution in [-0.2, 0) is 6.42 Å². The smallest absolute Gasteiger partial charge is 0.252 e. The molecular weight excluding hydrogens is 266 g/mol. The minimum absolute atomic E-state index is 0.214. The summed E-state index contributed by atoms with van der Waals surface area (Å²) >= 11 is 5.81. The largest absolute Gasteiger partial charge is 0.382 e. The Morgan fingerprint density at radius 2 is 2.32 bits per heavy atom. The number of rotatable bonds is 5. The van der Waals surface area contributed by atoms with Gasteiger partial charge in [-0.25, -0.2) is 9.97 Å². The summed E-state index contributed by atoms with van der Waals surface area (Å²) in [4.78, 5) is 22.7. The van der Waals surface area contributed by atoms with E-state index in [4.69, 9.17) is 17.3 Å². The molecule has 19 heavy (non-hydrogen) atoms. The maximum absolute atomic E-state index is 11.8. The van der Waals surface area contributed by atoms with Crippen LogP contribution in [-0.4, -0.2) is 27.4 Å². The van der Waals surface area contributed by atoms with Crippen LogP contribution in [0.2, 0.25) is 5.02 Å². The van der Waals surface area contributed by atoms with E-state index in [1.165, 1.54) is 12.3 Å². The second-order valence-electron chi connectivity index (χ2n) is 3.99. The molecule has 0 aromatic carbocycles. The van der Waals surface area contributed by atoms with Crippen LogP contribution < -0.4 is 11.1 Å². The first-order valence-corrected chi connectivity index (χ1v) is 6.22. The highest BCUT2D eigenvalue weighted by Crippen LogP contribution is 2.16. The number of nitrogen functional groups attached to an aromatic ring is 1. The third kappa shape index (κ3) is 3.69. The first kappa shape index (κ1) is 13.4. The summed E-state index contributed by atoms with van der Waals surface area (Å²) in [7, 11) is 0. The van der Waals surface area contributed by atoms with Crippen molar-refractivity contribution >= 4 is 23.3 Å². The molecule has 0 fully saturated rings. The molecule has 2 heterocycles. The lowest BCUT2D eigenvalue weighted by Gasteiger charge is -2.05. The molecule has 0 unspecified atom stereocenters. The number of anilines is 1. The minimum Gasteiger partial charge on any atom is -0.382 e. The number of nitrogens with zero attached hydrogens (tertiary/aromatic N) is 2. The van der Waals surface area contributed by atoms with Crippen molar-refractivity contribution < 1.29 is 4.79 Å². The number of H-pyrrole nitrogens is 1. The molecule has 0 radical (unpaired) electrons. The van der Waals surface area contributed by atoms with Gasteiger partial charge in [-0.3, -0.25) is 4.79 Å². The fraction of sp³-hybridized carbons (Fsp3) is 0.250. The standard InChI is InChI=1S/C12H14ClN5O/c13-9-6-8(7-18-11(9)14)12(19)17-3-1-2-10-15-4-5-16-10/h4-7H,1-3H2,(H2,14,18)(H,15,16)(H,17,19). The maximum Gasteiger partial charge on any atom is 0.252 e. The summed E-state index contributed by atoms with van der Waals surface area (Å²) in [6.45, 7) is 0.557. The molecule has 0 aliphatic rings. The molecule has 0 spiro atoms. The van der Waals surface area contributed by atoms with Crippen LogP contribution in [0.5, 0.6) is 0 Å². The summed E-state index contributed by atoms with van der Waals surface area (Å²) in [6.07, 6.45) is 6.47. The van der Waals surface area contributed by atoms with E-state index >= 15 is 0 Å². The molecule has 100 valence electrons. The molecule has 0 aliphatic heterocycles. The van der Waals surface area contributed by atoms with Gasteiger partial charge in [-0.1, -0.05) is 11.6 Å². The van der Waals surface area contributed by atoms with Gasteiger partial charge in [-0.15, -0.1) is 0 Å². The van der Waals surface area contributed by atoms with E-state index in [0.717, 1.165) is 18.7 Å². The van der Waals surface area contributed by atoms with E-state index in [-0.39, 0.29) is 16.7 Å². The number of pyridine rings is 1. The number of aryl methyl sites for hydroxylation is 1. The second kappa shape index (κ2) is 6.19. The lowest BCUT2D eigenvalue weighted by molar-refractivity contribution is 0.0953. The predicted molar refractivity (Wildman–Crippen MR) is 72.9 cm³/mol. The van der Waals surface area contributed by atoms with Crippen molar-refractivity contribution in [2.45, 2.75) is 12.8 Å². The monoisotopic (exact) mass is 279 g/mol. The molecule has 2 aromatic rings. The predicted octanol–water partition coefficient (Wildman–Crippen LogP) is 1.40. The second-order valence-corrected chi connectivity index (χ2v) is 4.39. The zero-order valence-electron chi connectivity index (χ0n) is 10.2. The van der Waals surface area contributed by atoms with Crippen molar-refractivity contribution in [1.82, 2.24) is 20.3 Å². The third-order valence-corrected chi connectivity index (χ3v) is 2.87. The number of carbonyl (C=O) groups excluding carboxylic acids is 1. The zero-order valence-corrected chi connectivity index (χ0v) is 10.9. The van der Waals surface area contributed by atoms with E-state index < -0.39 is 0 Å². The number of carbonyl (C=O) groups is 1. The summed E-state index contributed by atoms with van der Waals surface area (Å²) in [5.41, 5.74) is 5.88. The van der Waals surface area contributed by atoms with E-state index in [1.807, 2.05) is 0 Å². The van der Waals surface area contributed by atoms with Crippen molar-refractivity contribution in [2.24, 2.45) is 0 Å². The van der Waals surface area contributed by atoms with Gasteiger partial charge >= 0.3 is 0 Å². The van der Waals surface area contributed by atoms with Gasteiger partial charge in [0.1, 0.15) is 11.6 Å². The molecule has 1 amide bonds. The van der Waals surface area contributed by atoms with Crippen molar-refractivity contribution in [3.05, 3.63) is 41.1 Å². The van der Waals surface area contributed by atoms with Crippen LogP contribution in [0.15, 0.2) is 24.7 Å². The van der Waals surface area contributed by atoms with Crippen LogP contribution in [0.25, 0.3) is 0 Å². The fourth-order valence-electron chi connectivity index (χ4n) is 1.57. The molecule has 7 heteroatoms. The molecular formula is C12H14ClN5O. The molecule has 0 saturated carbocycles. The van der Waals surface area contributed by atoms with Gasteiger partial charge in [0, 0.05) is 31.6 Å². The average Bonchev–Trinajstić information content (AvgIpc) is 2.91. The van der Waals surface area contributed by atoms with Crippen molar-refractivity contribution in [1.29, 1.82) is 0 Å². The number of halogens is 1. The summed E-state index contributed by atoms with van der Waals surface area (Å²) in [6, 6.07) is 1.51. The van der Waals surface area contributed by atoms with Gasteiger partial charge in [-0.05, 0) is 12.5 Å². The van der Waals surface area contributed by atoms with E-state index in [2.05, 4.69) is 20.3 Å². The Labute approximate surface area is 115 Å². The third-order valence-electron chi connectivity index (χ3n) is 2.56. The summed E-state index contributed by atoms with van der Waals surface area (Å²) in [5.74, 6) is 0.913. The summed E-state index contributed by atoms with van der Waals surface area (Å²) in [5, 5.41) is 3.07. The van der Waals surface area contributed by atoms with Crippen molar-refractivity contribution in [3.8, 4) is 0 Å². The number of hydrogen-bond donors (Lipinski definition) is 3. The zero-order chi connectivity index (χ0) is 13.7. The number of imidazole rings is 1. The Kier molecular flexibility index (Phi) is 4.35. The molecule has 2 aromatic heterocycles. The van der Waals surface area contributed by atoms with E-state index in [0.29, 0.717) is 12.1 Å². The highest BCUT2D eigenvalue weighted by Gasteiger charge is 2.08. The quantitative estimate of drug-likeness (QED) is 0.721. The number of nitrogens with one attached hydrogen (secondary N) is 2. The Morgan fingerprint density at radius 3 is 3.00 bits per heavy atom.